The van der Waals surface area contributed by atoms with Gasteiger partial charge < -0.3 is 14.4 Å². The Bertz CT molecular complexity index is 929. The Kier molecular flexibility index (Phi) is 8.11. The van der Waals surface area contributed by atoms with E-state index in [1.54, 1.807) is 0 Å². The standard InChI is InChI=1S/C28H43NO3Si/c1-12-25(30)32-26-23(27(2,3)4)17-21(18-24(26)28(5,6)7)31-19-33(10,11)22-15-13-20(14-16-22)29(8)9/h13-18H,12,19H2,1-11H3. The van der Waals surface area contributed by atoms with Gasteiger partial charge in [0, 0.05) is 37.3 Å². The molecule has 0 spiro atoms. The number of esters is 1. The summed E-state index contributed by atoms with van der Waals surface area (Å²) in [5, 5.41) is 1.37. The van der Waals surface area contributed by atoms with Crippen LogP contribution in [0.15, 0.2) is 36.4 Å². The summed E-state index contributed by atoms with van der Waals surface area (Å²) in [4.78, 5) is 14.4. The highest BCUT2D eigenvalue weighted by molar-refractivity contribution is 6.89. The molecule has 0 amide bonds. The van der Waals surface area contributed by atoms with Crippen LogP contribution in [-0.4, -0.2) is 34.4 Å². The third-order valence-electron chi connectivity index (χ3n) is 5.95. The fraction of sp³-hybridized carbons (Fsp3) is 0.536. The van der Waals surface area contributed by atoms with Gasteiger partial charge in [0.1, 0.15) is 19.6 Å². The first-order chi connectivity index (χ1) is 15.1. The lowest BCUT2D eigenvalue weighted by molar-refractivity contribution is -0.134. The lowest BCUT2D eigenvalue weighted by Crippen LogP contribution is -2.47. The fourth-order valence-corrected chi connectivity index (χ4v) is 5.42. The van der Waals surface area contributed by atoms with Crippen molar-refractivity contribution in [3.63, 3.8) is 0 Å². The first-order valence-electron chi connectivity index (χ1n) is 11.9. The average Bonchev–Trinajstić information content (AvgIpc) is 2.71. The largest absolute Gasteiger partial charge is 0.497 e. The minimum absolute atomic E-state index is 0.197. The number of benzene rings is 2. The minimum Gasteiger partial charge on any atom is -0.497 e. The van der Waals surface area contributed by atoms with E-state index < -0.39 is 8.07 Å². The van der Waals surface area contributed by atoms with E-state index in [1.807, 2.05) is 6.92 Å². The van der Waals surface area contributed by atoms with Gasteiger partial charge in [0.2, 0.25) is 0 Å². The predicted octanol–water partition coefficient (Wildman–Crippen LogP) is 6.20. The molecular weight excluding hydrogens is 426 g/mol. The van der Waals surface area contributed by atoms with E-state index in [-0.39, 0.29) is 16.8 Å². The average molecular weight is 470 g/mol. The maximum absolute atomic E-state index is 12.3. The molecule has 33 heavy (non-hydrogen) atoms. The maximum atomic E-state index is 12.3. The number of rotatable bonds is 7. The molecule has 0 heterocycles. The molecule has 2 rings (SSSR count). The molecule has 4 nitrogen and oxygen atoms in total. The van der Waals surface area contributed by atoms with Crippen molar-refractivity contribution in [2.45, 2.75) is 78.8 Å². The maximum Gasteiger partial charge on any atom is 0.310 e. The number of hydrogen-bond donors (Lipinski definition) is 0. The van der Waals surface area contributed by atoms with Crippen molar-refractivity contribution >= 4 is 24.9 Å². The molecule has 0 fully saturated rings. The van der Waals surface area contributed by atoms with Gasteiger partial charge in [-0.1, -0.05) is 78.9 Å². The molecule has 182 valence electrons. The van der Waals surface area contributed by atoms with Gasteiger partial charge in [0.25, 0.3) is 0 Å². The molecular formula is C28H43NO3Si. The highest BCUT2D eigenvalue weighted by atomic mass is 28.3. The van der Waals surface area contributed by atoms with Crippen molar-refractivity contribution in [3.05, 3.63) is 47.5 Å². The third kappa shape index (κ3) is 6.86. The number of carbonyl (C=O) groups is 1. The van der Waals surface area contributed by atoms with Crippen LogP contribution < -0.4 is 19.6 Å². The molecule has 0 atom stereocenters. The van der Waals surface area contributed by atoms with Crippen LogP contribution in [0.25, 0.3) is 0 Å². The molecule has 0 aliphatic rings. The molecule has 5 heteroatoms. The monoisotopic (exact) mass is 469 g/mol. The van der Waals surface area contributed by atoms with Crippen LogP contribution >= 0.6 is 0 Å². The summed E-state index contributed by atoms with van der Waals surface area (Å²) >= 11 is 0. The molecule has 0 aliphatic heterocycles. The van der Waals surface area contributed by atoms with E-state index in [9.17, 15) is 4.79 Å². The number of carbonyl (C=O) groups excluding carboxylic acids is 1. The van der Waals surface area contributed by atoms with Gasteiger partial charge in [-0.3, -0.25) is 4.79 Å². The summed E-state index contributed by atoms with van der Waals surface area (Å²) in [6.07, 6.45) is 1.02. The first-order valence-corrected chi connectivity index (χ1v) is 15.1. The molecule has 2 aromatic rings. The van der Waals surface area contributed by atoms with Crippen LogP contribution in [-0.2, 0) is 15.6 Å². The number of ether oxygens (including phenoxy) is 2. The fourth-order valence-electron chi connectivity index (χ4n) is 3.65. The van der Waals surface area contributed by atoms with Crippen molar-refractivity contribution < 1.29 is 14.3 Å². The lowest BCUT2D eigenvalue weighted by atomic mass is 9.79. The summed E-state index contributed by atoms with van der Waals surface area (Å²) in [7, 11) is 2.30. The quantitative estimate of drug-likeness (QED) is 0.275. The van der Waals surface area contributed by atoms with Crippen LogP contribution in [0.5, 0.6) is 11.5 Å². The summed E-state index contributed by atoms with van der Waals surface area (Å²) in [5.74, 6) is 1.31. The van der Waals surface area contributed by atoms with Crippen molar-refractivity contribution in [1.29, 1.82) is 0 Å². The van der Waals surface area contributed by atoms with Gasteiger partial charge >= 0.3 is 5.97 Å². The zero-order valence-electron chi connectivity index (χ0n) is 22.6. The first kappa shape index (κ1) is 27.0. The van der Waals surface area contributed by atoms with E-state index in [0.717, 1.165) is 16.9 Å². The van der Waals surface area contributed by atoms with Crippen LogP contribution in [0.1, 0.15) is 66.0 Å². The predicted molar refractivity (Wildman–Crippen MR) is 143 cm³/mol. The van der Waals surface area contributed by atoms with Crippen LogP contribution in [0, 0.1) is 0 Å². The Labute approximate surface area is 202 Å². The Balaban J connectivity index is 2.44. The molecule has 0 saturated carbocycles. The lowest BCUT2D eigenvalue weighted by Gasteiger charge is -2.31. The summed E-state index contributed by atoms with van der Waals surface area (Å²) in [5.41, 5.74) is 2.81. The van der Waals surface area contributed by atoms with Crippen molar-refractivity contribution in [2.75, 3.05) is 25.2 Å². The van der Waals surface area contributed by atoms with Crippen molar-refractivity contribution in [2.24, 2.45) is 0 Å². The Morgan fingerprint density at radius 1 is 0.909 bits per heavy atom. The zero-order valence-corrected chi connectivity index (χ0v) is 23.6. The number of anilines is 1. The van der Waals surface area contributed by atoms with Gasteiger partial charge in [-0.2, -0.15) is 0 Å². The molecule has 0 unspecified atom stereocenters. The zero-order chi connectivity index (χ0) is 25.2. The highest BCUT2D eigenvalue weighted by Crippen LogP contribution is 2.42. The molecule has 0 aromatic heterocycles. The normalized spacial score (nSPS) is 12.5. The Hall–Kier alpha value is -2.27. The highest BCUT2D eigenvalue weighted by Gasteiger charge is 2.31. The van der Waals surface area contributed by atoms with Gasteiger partial charge in [-0.05, 0) is 35.1 Å². The summed E-state index contributed by atoms with van der Waals surface area (Å²) < 4.78 is 12.4. The second-order valence-electron chi connectivity index (χ2n) is 11.8. The Morgan fingerprint density at radius 2 is 1.39 bits per heavy atom. The van der Waals surface area contributed by atoms with E-state index in [4.69, 9.17) is 9.47 Å². The van der Waals surface area contributed by atoms with Crippen molar-refractivity contribution in [1.82, 2.24) is 0 Å². The SMILES string of the molecule is CCC(=O)Oc1c(C(C)(C)C)cc(OC[Si](C)(C)c2ccc(N(C)C)cc2)cc1C(C)(C)C. The third-order valence-corrected chi connectivity index (χ3v) is 8.71. The summed E-state index contributed by atoms with van der Waals surface area (Å²) in [6, 6.07) is 13.0. The van der Waals surface area contributed by atoms with Crippen LogP contribution in [0.2, 0.25) is 13.1 Å². The molecule has 2 aromatic carbocycles. The second kappa shape index (κ2) is 9.92. The van der Waals surface area contributed by atoms with Gasteiger partial charge in [-0.25, -0.2) is 0 Å². The molecule has 0 saturated heterocycles. The Morgan fingerprint density at radius 3 is 1.79 bits per heavy atom. The molecule has 0 aliphatic carbocycles. The molecule has 0 bridgehead atoms. The topological polar surface area (TPSA) is 38.8 Å². The van der Waals surface area contributed by atoms with Gasteiger partial charge in [-0.15, -0.1) is 0 Å². The minimum atomic E-state index is -1.82. The van der Waals surface area contributed by atoms with E-state index in [2.05, 4.69) is 110 Å². The second-order valence-corrected chi connectivity index (χ2v) is 16.4. The molecule has 0 N–H and O–H groups in total. The van der Waals surface area contributed by atoms with Crippen LogP contribution in [0.3, 0.4) is 0 Å². The smallest absolute Gasteiger partial charge is 0.310 e. The van der Waals surface area contributed by atoms with Crippen LogP contribution in [0.4, 0.5) is 5.69 Å². The van der Waals surface area contributed by atoms with E-state index in [0.29, 0.717) is 18.4 Å². The van der Waals surface area contributed by atoms with Crippen molar-refractivity contribution in [3.8, 4) is 11.5 Å². The van der Waals surface area contributed by atoms with Gasteiger partial charge in [0.15, 0.2) is 0 Å². The van der Waals surface area contributed by atoms with E-state index >= 15 is 0 Å². The van der Waals surface area contributed by atoms with E-state index in [1.165, 1.54) is 10.9 Å². The number of hydrogen-bond acceptors (Lipinski definition) is 4. The van der Waals surface area contributed by atoms with Gasteiger partial charge in [0.05, 0.1) is 6.23 Å². The molecule has 0 radical (unpaired) electrons. The number of nitrogens with zero attached hydrogens (tertiary/aromatic N) is 1. The summed E-state index contributed by atoms with van der Waals surface area (Å²) in [6.45, 7) is 19.4.